The number of alkyl halides is 3. The number of anilines is 1. The second kappa shape index (κ2) is 4.55. The SMILES string of the molecule is NC1CC2(C1)CN(c1ncnc3sc(CC(F)(F)F)cc13)C2. The molecule has 0 radical (unpaired) electrons. The first-order chi connectivity index (χ1) is 10.3. The summed E-state index contributed by atoms with van der Waals surface area (Å²) < 4.78 is 37.6. The molecule has 2 aliphatic rings. The number of hydrogen-bond acceptors (Lipinski definition) is 5. The molecule has 2 aromatic heterocycles. The molecule has 4 nitrogen and oxygen atoms in total. The van der Waals surface area contributed by atoms with Crippen molar-refractivity contribution in [3.63, 3.8) is 0 Å². The maximum Gasteiger partial charge on any atom is 0.393 e. The van der Waals surface area contributed by atoms with Crippen molar-refractivity contribution in [1.29, 1.82) is 0 Å². The summed E-state index contributed by atoms with van der Waals surface area (Å²) in [7, 11) is 0. The topological polar surface area (TPSA) is 55.0 Å². The van der Waals surface area contributed by atoms with Gasteiger partial charge in [-0.15, -0.1) is 11.3 Å². The maximum absolute atomic E-state index is 12.5. The average molecular weight is 328 g/mol. The fourth-order valence-corrected chi connectivity index (χ4v) is 4.67. The summed E-state index contributed by atoms with van der Waals surface area (Å²) in [5, 5.41) is 0.727. The highest BCUT2D eigenvalue weighted by molar-refractivity contribution is 7.18. The van der Waals surface area contributed by atoms with Crippen LogP contribution < -0.4 is 10.6 Å². The third kappa shape index (κ3) is 2.34. The molecule has 8 heteroatoms. The Morgan fingerprint density at radius 2 is 2.05 bits per heavy atom. The van der Waals surface area contributed by atoms with Gasteiger partial charge in [-0.25, -0.2) is 9.97 Å². The van der Waals surface area contributed by atoms with E-state index in [2.05, 4.69) is 14.9 Å². The van der Waals surface area contributed by atoms with Crippen LogP contribution in [0.15, 0.2) is 12.4 Å². The van der Waals surface area contributed by atoms with Crippen LogP contribution in [0.4, 0.5) is 19.0 Å². The fourth-order valence-electron chi connectivity index (χ4n) is 3.65. The molecule has 1 aliphatic heterocycles. The first-order valence-corrected chi connectivity index (χ1v) is 7.96. The number of thiophene rings is 1. The number of rotatable bonds is 2. The van der Waals surface area contributed by atoms with Gasteiger partial charge in [0.1, 0.15) is 17.0 Å². The summed E-state index contributed by atoms with van der Waals surface area (Å²) in [6.07, 6.45) is -1.62. The van der Waals surface area contributed by atoms with Crippen molar-refractivity contribution in [1.82, 2.24) is 9.97 Å². The summed E-state index contributed by atoms with van der Waals surface area (Å²) >= 11 is 1.09. The molecule has 1 saturated heterocycles. The van der Waals surface area contributed by atoms with Crippen LogP contribution in [0.3, 0.4) is 0 Å². The van der Waals surface area contributed by atoms with Gasteiger partial charge in [-0.1, -0.05) is 0 Å². The zero-order chi connectivity index (χ0) is 15.5. The van der Waals surface area contributed by atoms with Gasteiger partial charge in [-0.05, 0) is 18.9 Å². The monoisotopic (exact) mass is 328 g/mol. The van der Waals surface area contributed by atoms with E-state index in [9.17, 15) is 13.2 Å². The molecule has 1 aliphatic carbocycles. The Kier molecular flexibility index (Phi) is 2.93. The number of halogens is 3. The zero-order valence-electron chi connectivity index (χ0n) is 11.7. The first-order valence-electron chi connectivity index (χ1n) is 7.14. The molecule has 3 heterocycles. The number of fused-ring (bicyclic) bond motifs is 1. The smallest absolute Gasteiger partial charge is 0.355 e. The molecule has 2 N–H and O–H groups in total. The van der Waals surface area contributed by atoms with Gasteiger partial charge in [0.25, 0.3) is 0 Å². The summed E-state index contributed by atoms with van der Waals surface area (Å²) in [6.45, 7) is 1.77. The summed E-state index contributed by atoms with van der Waals surface area (Å²) in [5.74, 6) is 0.751. The third-order valence-corrected chi connectivity index (χ3v) is 5.52. The molecule has 4 rings (SSSR count). The van der Waals surface area contributed by atoms with E-state index in [4.69, 9.17) is 5.73 Å². The Hall–Kier alpha value is -1.41. The number of nitrogens with zero attached hydrogens (tertiary/aromatic N) is 3. The predicted molar refractivity (Wildman–Crippen MR) is 79.0 cm³/mol. The van der Waals surface area contributed by atoms with Crippen molar-refractivity contribution >= 4 is 27.4 Å². The quantitative estimate of drug-likeness (QED) is 0.921. The largest absolute Gasteiger partial charge is 0.393 e. The molecule has 0 unspecified atom stereocenters. The molecule has 0 atom stereocenters. The highest BCUT2D eigenvalue weighted by Gasteiger charge is 2.51. The van der Waals surface area contributed by atoms with Crippen LogP contribution in [0.2, 0.25) is 0 Å². The Bertz CT molecular complexity index is 712. The lowest BCUT2D eigenvalue weighted by Crippen LogP contribution is -2.65. The molecular weight excluding hydrogens is 313 g/mol. The van der Waals surface area contributed by atoms with Gasteiger partial charge in [0, 0.05) is 29.4 Å². The molecule has 2 aromatic rings. The number of aromatic nitrogens is 2. The highest BCUT2D eigenvalue weighted by atomic mass is 32.1. The molecule has 1 spiro atoms. The Labute approximate surface area is 129 Å². The van der Waals surface area contributed by atoms with Crippen molar-refractivity contribution in [3.8, 4) is 0 Å². The molecular formula is C14H15F3N4S. The molecule has 2 fully saturated rings. The minimum Gasteiger partial charge on any atom is -0.355 e. The molecule has 22 heavy (non-hydrogen) atoms. The van der Waals surface area contributed by atoms with Crippen LogP contribution in [0, 0.1) is 5.41 Å². The van der Waals surface area contributed by atoms with Crippen molar-refractivity contribution < 1.29 is 13.2 Å². The van der Waals surface area contributed by atoms with Crippen molar-refractivity contribution in [2.24, 2.45) is 11.1 Å². The van der Waals surface area contributed by atoms with E-state index in [1.54, 1.807) is 6.07 Å². The molecule has 0 aromatic carbocycles. The van der Waals surface area contributed by atoms with Crippen LogP contribution in [-0.2, 0) is 6.42 Å². The average Bonchev–Trinajstić information content (AvgIpc) is 2.71. The fraction of sp³-hybridized carbons (Fsp3) is 0.571. The Morgan fingerprint density at radius 1 is 1.32 bits per heavy atom. The maximum atomic E-state index is 12.5. The lowest BCUT2D eigenvalue weighted by molar-refractivity contribution is -0.126. The summed E-state index contributed by atoms with van der Waals surface area (Å²) in [4.78, 5) is 11.4. The second-order valence-corrected chi connectivity index (χ2v) is 7.56. The lowest BCUT2D eigenvalue weighted by atomic mass is 9.61. The molecule has 0 bridgehead atoms. The van der Waals surface area contributed by atoms with Gasteiger partial charge in [-0.3, -0.25) is 0 Å². The van der Waals surface area contributed by atoms with Gasteiger partial charge >= 0.3 is 6.18 Å². The standard InChI is InChI=1S/C14H15F3N4S/c15-14(16,17)4-9-1-10-11(19-7-20-12(10)22-9)21-5-13(6-21)2-8(18)3-13/h1,7-8H,2-6,18H2. The second-order valence-electron chi connectivity index (χ2n) is 6.45. The summed E-state index contributed by atoms with van der Waals surface area (Å²) in [5.41, 5.74) is 6.16. The van der Waals surface area contributed by atoms with E-state index in [1.807, 2.05) is 0 Å². The van der Waals surface area contributed by atoms with E-state index in [1.165, 1.54) is 6.33 Å². The van der Waals surface area contributed by atoms with Crippen molar-refractivity contribution in [2.45, 2.75) is 31.5 Å². The summed E-state index contributed by atoms with van der Waals surface area (Å²) in [6, 6.07) is 1.88. The van der Waals surface area contributed by atoms with Gasteiger partial charge in [0.05, 0.1) is 11.8 Å². The van der Waals surface area contributed by atoms with Crippen molar-refractivity contribution in [3.05, 3.63) is 17.3 Å². The normalized spacial score (nSPS) is 21.2. The Morgan fingerprint density at radius 3 is 2.68 bits per heavy atom. The Balaban J connectivity index is 1.59. The molecule has 1 saturated carbocycles. The lowest BCUT2D eigenvalue weighted by Gasteiger charge is -2.58. The van der Waals surface area contributed by atoms with Crippen LogP contribution in [0.25, 0.3) is 10.2 Å². The zero-order valence-corrected chi connectivity index (χ0v) is 12.5. The third-order valence-electron chi connectivity index (χ3n) is 4.48. The van der Waals surface area contributed by atoms with E-state index < -0.39 is 12.6 Å². The predicted octanol–water partition coefficient (Wildman–Crippen LogP) is 2.72. The number of nitrogens with two attached hydrogens (primary N) is 1. The minimum atomic E-state index is -4.20. The molecule has 0 amide bonds. The first kappa shape index (κ1) is 14.2. The van der Waals surface area contributed by atoms with Crippen LogP contribution in [0.5, 0.6) is 0 Å². The van der Waals surface area contributed by atoms with Crippen LogP contribution in [0.1, 0.15) is 17.7 Å². The van der Waals surface area contributed by atoms with E-state index >= 15 is 0 Å². The van der Waals surface area contributed by atoms with Gasteiger partial charge in [0.15, 0.2) is 0 Å². The van der Waals surface area contributed by atoms with Crippen LogP contribution in [-0.4, -0.2) is 35.3 Å². The minimum absolute atomic E-state index is 0.283. The van der Waals surface area contributed by atoms with Crippen LogP contribution >= 0.6 is 11.3 Å². The van der Waals surface area contributed by atoms with Gasteiger partial charge < -0.3 is 10.6 Å². The van der Waals surface area contributed by atoms with E-state index in [0.717, 1.165) is 48.5 Å². The van der Waals surface area contributed by atoms with Gasteiger partial charge in [-0.2, -0.15) is 13.2 Å². The van der Waals surface area contributed by atoms with Gasteiger partial charge in [0.2, 0.25) is 0 Å². The molecule has 118 valence electrons. The number of hydrogen-bond donors (Lipinski definition) is 1. The van der Waals surface area contributed by atoms with E-state index in [0.29, 0.717) is 16.3 Å². The highest BCUT2D eigenvalue weighted by Crippen LogP contribution is 2.49. The van der Waals surface area contributed by atoms with Crippen molar-refractivity contribution in [2.75, 3.05) is 18.0 Å². The van der Waals surface area contributed by atoms with E-state index in [-0.39, 0.29) is 4.88 Å².